The monoisotopic (exact) mass is 519 g/mol. The van der Waals surface area contributed by atoms with Crippen LogP contribution in [-0.4, -0.2) is 44.4 Å². The molecule has 0 aliphatic heterocycles. The zero-order valence-electron chi connectivity index (χ0n) is 16.6. The zero-order chi connectivity index (χ0) is 19.5. The second-order valence-electron chi connectivity index (χ2n) is 6.29. The molecular formula is C20H30IN3O3S. The number of rotatable bonds is 10. The van der Waals surface area contributed by atoms with Gasteiger partial charge in [-0.25, -0.2) is 4.99 Å². The number of thiophene rings is 1. The quantitative estimate of drug-likeness (QED) is 0.194. The number of guanidine groups is 1. The van der Waals surface area contributed by atoms with Crippen molar-refractivity contribution in [2.24, 2.45) is 4.99 Å². The van der Waals surface area contributed by atoms with E-state index in [1.807, 2.05) is 48.0 Å². The first-order chi connectivity index (χ1) is 13.0. The largest absolute Gasteiger partial charge is 0.497 e. The lowest BCUT2D eigenvalue weighted by atomic mass is 10.00. The molecule has 3 N–H and O–H groups in total. The Labute approximate surface area is 188 Å². The number of hydrogen-bond donors (Lipinski definition) is 3. The average Bonchev–Trinajstić information content (AvgIpc) is 3.22. The Morgan fingerprint density at radius 2 is 2.04 bits per heavy atom. The number of nitrogens with one attached hydrogen (secondary N) is 2. The molecule has 0 aliphatic rings. The van der Waals surface area contributed by atoms with E-state index in [1.54, 1.807) is 25.4 Å². The van der Waals surface area contributed by atoms with Gasteiger partial charge in [0.25, 0.3) is 0 Å². The molecule has 2 rings (SSSR count). The van der Waals surface area contributed by atoms with Crippen molar-refractivity contribution < 1.29 is 14.6 Å². The molecule has 8 heteroatoms. The standard InChI is InChI=1S/C20H29N3O3S.HI/c1-4-21-19(23-15-20(2,24)16-9-12-27-14-16)22-10-6-11-26-18-8-5-7-17(13-18)25-3;/h5,7-9,12-14,24H,4,6,10-11,15H2,1-3H3,(H2,21,22,23);1H. The second kappa shape index (κ2) is 12.8. The summed E-state index contributed by atoms with van der Waals surface area (Å²) in [6.45, 7) is 6.15. The second-order valence-corrected chi connectivity index (χ2v) is 7.07. The molecule has 6 nitrogen and oxygen atoms in total. The molecular weight excluding hydrogens is 489 g/mol. The van der Waals surface area contributed by atoms with Crippen molar-refractivity contribution in [1.82, 2.24) is 10.6 Å². The Morgan fingerprint density at radius 1 is 1.25 bits per heavy atom. The summed E-state index contributed by atoms with van der Waals surface area (Å²) in [6.07, 6.45) is 0.822. The van der Waals surface area contributed by atoms with Crippen molar-refractivity contribution >= 4 is 41.3 Å². The summed E-state index contributed by atoms with van der Waals surface area (Å²) in [5.41, 5.74) is -0.0866. The number of benzene rings is 1. The lowest BCUT2D eigenvalue weighted by Crippen LogP contribution is -2.39. The Bertz CT molecular complexity index is 708. The maximum Gasteiger partial charge on any atom is 0.191 e. The van der Waals surface area contributed by atoms with Crippen molar-refractivity contribution in [3.63, 3.8) is 0 Å². The summed E-state index contributed by atoms with van der Waals surface area (Å²) in [4.78, 5) is 4.51. The van der Waals surface area contributed by atoms with Crippen LogP contribution >= 0.6 is 35.3 Å². The topological polar surface area (TPSA) is 75.1 Å². The van der Waals surface area contributed by atoms with E-state index in [4.69, 9.17) is 9.47 Å². The molecule has 0 fully saturated rings. The van der Waals surface area contributed by atoms with Crippen molar-refractivity contribution in [2.75, 3.05) is 33.4 Å². The molecule has 1 atom stereocenters. The summed E-state index contributed by atoms with van der Waals surface area (Å²) in [6, 6.07) is 9.50. The smallest absolute Gasteiger partial charge is 0.191 e. The molecule has 1 aromatic carbocycles. The number of halogens is 1. The molecule has 1 unspecified atom stereocenters. The van der Waals surface area contributed by atoms with Gasteiger partial charge in [0.2, 0.25) is 0 Å². The van der Waals surface area contributed by atoms with E-state index in [0.29, 0.717) is 19.1 Å². The highest BCUT2D eigenvalue weighted by atomic mass is 127. The van der Waals surface area contributed by atoms with Crippen LogP contribution in [0.25, 0.3) is 0 Å². The number of methoxy groups -OCH3 is 1. The maximum atomic E-state index is 10.6. The highest BCUT2D eigenvalue weighted by molar-refractivity contribution is 14.0. The first-order valence-electron chi connectivity index (χ1n) is 9.09. The lowest BCUT2D eigenvalue weighted by Gasteiger charge is -2.21. The minimum absolute atomic E-state index is 0. The van der Waals surface area contributed by atoms with Gasteiger partial charge < -0.3 is 25.2 Å². The van der Waals surface area contributed by atoms with Crippen LogP contribution in [-0.2, 0) is 5.60 Å². The Balaban J connectivity index is 0.00000392. The number of aliphatic imine (C=N–C) groups is 1. The number of hydrogen-bond acceptors (Lipinski definition) is 5. The fourth-order valence-electron chi connectivity index (χ4n) is 2.40. The van der Waals surface area contributed by atoms with Gasteiger partial charge in [0, 0.05) is 19.2 Å². The van der Waals surface area contributed by atoms with Gasteiger partial charge in [-0.05, 0) is 54.8 Å². The average molecular weight is 519 g/mol. The third-order valence-electron chi connectivity index (χ3n) is 3.96. The van der Waals surface area contributed by atoms with E-state index >= 15 is 0 Å². The Hall–Kier alpha value is -1.52. The van der Waals surface area contributed by atoms with Gasteiger partial charge in [-0.2, -0.15) is 11.3 Å². The molecule has 0 saturated heterocycles. The third kappa shape index (κ3) is 8.24. The van der Waals surface area contributed by atoms with Crippen LogP contribution < -0.4 is 20.1 Å². The van der Waals surface area contributed by atoms with Crippen LogP contribution in [0.3, 0.4) is 0 Å². The number of nitrogens with zero attached hydrogens (tertiary/aromatic N) is 1. The molecule has 1 heterocycles. The van der Waals surface area contributed by atoms with Crippen molar-refractivity contribution in [1.29, 1.82) is 0 Å². The molecule has 1 aromatic heterocycles. The number of ether oxygens (including phenoxy) is 2. The van der Waals surface area contributed by atoms with E-state index in [2.05, 4.69) is 15.6 Å². The summed E-state index contributed by atoms with van der Waals surface area (Å²) in [5, 5.41) is 21.0. The van der Waals surface area contributed by atoms with Crippen LogP contribution in [0.4, 0.5) is 0 Å². The fraction of sp³-hybridized carbons (Fsp3) is 0.450. The lowest BCUT2D eigenvalue weighted by molar-refractivity contribution is 0.0677. The van der Waals surface area contributed by atoms with Gasteiger partial charge >= 0.3 is 0 Å². The van der Waals surface area contributed by atoms with Gasteiger partial charge in [0.15, 0.2) is 5.96 Å². The Kier molecular flexibility index (Phi) is 11.2. The molecule has 0 radical (unpaired) electrons. The van der Waals surface area contributed by atoms with Gasteiger partial charge in [0.1, 0.15) is 17.1 Å². The maximum absolute atomic E-state index is 10.6. The van der Waals surface area contributed by atoms with Crippen LogP contribution in [0.2, 0.25) is 0 Å². The molecule has 0 bridgehead atoms. The van der Waals surface area contributed by atoms with Gasteiger partial charge in [-0.3, -0.25) is 0 Å². The summed E-state index contributed by atoms with van der Waals surface area (Å²) in [5.74, 6) is 2.26. The molecule has 156 valence electrons. The minimum Gasteiger partial charge on any atom is -0.497 e. The third-order valence-corrected chi connectivity index (χ3v) is 4.64. The van der Waals surface area contributed by atoms with E-state index < -0.39 is 5.60 Å². The van der Waals surface area contributed by atoms with Crippen molar-refractivity contribution in [2.45, 2.75) is 25.9 Å². The SMILES string of the molecule is CCNC(=NCC(C)(O)c1ccsc1)NCCCOc1cccc(OC)c1.I. The molecule has 0 saturated carbocycles. The molecule has 0 spiro atoms. The highest BCUT2D eigenvalue weighted by Gasteiger charge is 2.23. The predicted octanol–water partition coefficient (Wildman–Crippen LogP) is 3.61. The molecule has 0 amide bonds. The first kappa shape index (κ1) is 24.5. The normalized spacial score (nSPS) is 13.2. The van der Waals surface area contributed by atoms with Gasteiger partial charge in [0.05, 0.1) is 20.3 Å². The van der Waals surface area contributed by atoms with Crippen LogP contribution in [0.5, 0.6) is 11.5 Å². The van der Waals surface area contributed by atoms with Crippen LogP contribution in [0.1, 0.15) is 25.8 Å². The van der Waals surface area contributed by atoms with Crippen LogP contribution in [0.15, 0.2) is 46.1 Å². The summed E-state index contributed by atoms with van der Waals surface area (Å²) >= 11 is 1.57. The minimum atomic E-state index is -0.974. The molecule has 2 aromatic rings. The number of aliphatic hydroxyl groups is 1. The van der Waals surface area contributed by atoms with E-state index in [-0.39, 0.29) is 24.0 Å². The molecule has 28 heavy (non-hydrogen) atoms. The fourth-order valence-corrected chi connectivity index (χ4v) is 3.18. The van der Waals surface area contributed by atoms with E-state index in [9.17, 15) is 5.11 Å². The van der Waals surface area contributed by atoms with Crippen molar-refractivity contribution in [3.8, 4) is 11.5 Å². The molecule has 0 aliphatic carbocycles. The highest BCUT2D eigenvalue weighted by Crippen LogP contribution is 2.23. The Morgan fingerprint density at radius 3 is 2.71 bits per heavy atom. The summed E-state index contributed by atoms with van der Waals surface area (Å²) < 4.78 is 10.9. The van der Waals surface area contributed by atoms with Crippen LogP contribution in [0, 0.1) is 0 Å². The zero-order valence-corrected chi connectivity index (χ0v) is 19.8. The first-order valence-corrected chi connectivity index (χ1v) is 10.0. The summed E-state index contributed by atoms with van der Waals surface area (Å²) in [7, 11) is 1.64. The van der Waals surface area contributed by atoms with Gasteiger partial charge in [-0.15, -0.1) is 24.0 Å². The van der Waals surface area contributed by atoms with Crippen molar-refractivity contribution in [3.05, 3.63) is 46.7 Å². The van der Waals surface area contributed by atoms with E-state index in [1.165, 1.54) is 0 Å². The van der Waals surface area contributed by atoms with E-state index in [0.717, 1.165) is 36.6 Å². The predicted molar refractivity (Wildman–Crippen MR) is 126 cm³/mol. The van der Waals surface area contributed by atoms with Gasteiger partial charge in [-0.1, -0.05) is 6.07 Å².